The van der Waals surface area contributed by atoms with Gasteiger partial charge < -0.3 is 19.7 Å². The Morgan fingerprint density at radius 2 is 1.81 bits per heavy atom. The van der Waals surface area contributed by atoms with Crippen LogP contribution in [0.5, 0.6) is 0 Å². The van der Waals surface area contributed by atoms with Crippen molar-refractivity contribution in [1.29, 1.82) is 0 Å². The molecule has 2 atom stereocenters. The summed E-state index contributed by atoms with van der Waals surface area (Å²) in [6, 6.07) is 15.5. The number of aromatic nitrogens is 1. The van der Waals surface area contributed by atoms with Crippen LogP contribution in [0.25, 0.3) is 16.5 Å². The van der Waals surface area contributed by atoms with Gasteiger partial charge in [-0.25, -0.2) is 4.79 Å². The monoisotopic (exact) mass is 487 g/mol. The zero-order valence-electron chi connectivity index (χ0n) is 21.2. The largest absolute Gasteiger partial charge is 0.478 e. The molecule has 0 saturated carbocycles. The topological polar surface area (TPSA) is 85.9 Å². The average Bonchev–Trinajstić information content (AvgIpc) is 3.15. The molecule has 7 heteroatoms. The molecular formula is C29H33N3O4. The van der Waals surface area contributed by atoms with Gasteiger partial charge in [-0.3, -0.25) is 9.69 Å². The molecule has 0 aliphatic carbocycles. The van der Waals surface area contributed by atoms with E-state index in [0.29, 0.717) is 17.8 Å². The third-order valence-corrected chi connectivity index (χ3v) is 7.07. The van der Waals surface area contributed by atoms with Crippen molar-refractivity contribution in [3.05, 3.63) is 77.1 Å². The second-order valence-corrected chi connectivity index (χ2v) is 10.7. The van der Waals surface area contributed by atoms with Gasteiger partial charge in [0.1, 0.15) is 0 Å². The molecule has 7 nitrogen and oxygen atoms in total. The Balaban J connectivity index is 1.47. The Bertz CT molecular complexity index is 1350. The minimum Gasteiger partial charge on any atom is -0.478 e. The van der Waals surface area contributed by atoms with Crippen LogP contribution in [0.15, 0.2) is 54.7 Å². The number of benzene rings is 2. The SMILES string of the molecule is CC1CN(Cc2cccc(C(=O)N3C=C(C(=O)O)c4[nH]c5ccccc5c4C(C)(C)C3)c2)CC(C)O1. The second kappa shape index (κ2) is 9.22. The van der Waals surface area contributed by atoms with Gasteiger partial charge in [-0.2, -0.15) is 0 Å². The first-order valence-corrected chi connectivity index (χ1v) is 12.5. The molecule has 1 aromatic heterocycles. The van der Waals surface area contributed by atoms with Crippen LogP contribution in [-0.4, -0.2) is 63.6 Å². The van der Waals surface area contributed by atoms with E-state index in [-0.39, 0.29) is 23.7 Å². The molecule has 2 N–H and O–H groups in total. The summed E-state index contributed by atoms with van der Waals surface area (Å²) in [5, 5.41) is 11.1. The van der Waals surface area contributed by atoms with E-state index in [9.17, 15) is 14.7 Å². The van der Waals surface area contributed by atoms with Crippen LogP contribution >= 0.6 is 0 Å². The normalized spacial score (nSPS) is 22.1. The van der Waals surface area contributed by atoms with E-state index in [1.54, 1.807) is 11.0 Å². The molecular weight excluding hydrogens is 454 g/mol. The smallest absolute Gasteiger partial charge is 0.339 e. The molecule has 0 spiro atoms. The van der Waals surface area contributed by atoms with Gasteiger partial charge >= 0.3 is 5.97 Å². The summed E-state index contributed by atoms with van der Waals surface area (Å²) in [5.41, 5.74) is 3.59. The summed E-state index contributed by atoms with van der Waals surface area (Å²) >= 11 is 0. The lowest BCUT2D eigenvalue weighted by atomic mass is 9.81. The van der Waals surface area contributed by atoms with Crippen LogP contribution in [0, 0.1) is 0 Å². The summed E-state index contributed by atoms with van der Waals surface area (Å²) in [7, 11) is 0. The van der Waals surface area contributed by atoms with Gasteiger partial charge in [0.05, 0.1) is 23.5 Å². The van der Waals surface area contributed by atoms with Crippen LogP contribution in [0.3, 0.4) is 0 Å². The molecule has 0 bridgehead atoms. The highest BCUT2D eigenvalue weighted by Gasteiger charge is 2.37. The number of aliphatic carboxylic acids is 1. The fourth-order valence-corrected chi connectivity index (χ4v) is 5.75. The van der Waals surface area contributed by atoms with Crippen LogP contribution in [-0.2, 0) is 21.5 Å². The van der Waals surface area contributed by atoms with Crippen molar-refractivity contribution in [3.8, 4) is 0 Å². The van der Waals surface area contributed by atoms with Crippen molar-refractivity contribution in [2.24, 2.45) is 0 Å². The van der Waals surface area contributed by atoms with Gasteiger partial charge in [0, 0.05) is 54.3 Å². The van der Waals surface area contributed by atoms with Gasteiger partial charge in [-0.05, 0) is 43.2 Å². The number of para-hydroxylation sites is 1. The number of carboxylic acids is 1. The molecule has 1 fully saturated rings. The molecule has 2 aliphatic heterocycles. The molecule has 0 radical (unpaired) electrons. The van der Waals surface area contributed by atoms with Crippen LogP contribution < -0.4 is 0 Å². The lowest BCUT2D eigenvalue weighted by Gasteiger charge is -2.35. The summed E-state index contributed by atoms with van der Waals surface area (Å²) < 4.78 is 5.84. The van der Waals surface area contributed by atoms with Gasteiger partial charge in [0.2, 0.25) is 0 Å². The zero-order chi connectivity index (χ0) is 25.6. The highest BCUT2D eigenvalue weighted by Crippen LogP contribution is 2.40. The Morgan fingerprint density at radius 1 is 1.08 bits per heavy atom. The number of rotatable bonds is 4. The number of nitrogens with zero attached hydrogens (tertiary/aromatic N) is 2. The van der Waals surface area contributed by atoms with E-state index < -0.39 is 11.4 Å². The van der Waals surface area contributed by atoms with E-state index in [4.69, 9.17) is 4.74 Å². The van der Waals surface area contributed by atoms with E-state index in [1.807, 2.05) is 42.5 Å². The predicted molar refractivity (Wildman–Crippen MR) is 140 cm³/mol. The third kappa shape index (κ3) is 4.56. The summed E-state index contributed by atoms with van der Waals surface area (Å²) in [5.74, 6) is -1.27. The number of carbonyl (C=O) groups is 2. The number of hydrogen-bond acceptors (Lipinski definition) is 4. The van der Waals surface area contributed by atoms with Crippen molar-refractivity contribution < 1.29 is 19.4 Å². The first-order chi connectivity index (χ1) is 17.1. The highest BCUT2D eigenvalue weighted by molar-refractivity contribution is 6.17. The summed E-state index contributed by atoms with van der Waals surface area (Å²) in [6.45, 7) is 11.1. The van der Waals surface area contributed by atoms with Gasteiger partial charge in [-0.1, -0.05) is 44.2 Å². The van der Waals surface area contributed by atoms with E-state index in [0.717, 1.165) is 41.7 Å². The molecule has 1 amide bonds. The van der Waals surface area contributed by atoms with Gasteiger partial charge in [0.25, 0.3) is 5.91 Å². The highest BCUT2D eigenvalue weighted by atomic mass is 16.5. The number of H-pyrrole nitrogens is 1. The molecule has 3 aromatic rings. The van der Waals surface area contributed by atoms with Crippen LogP contribution in [0.2, 0.25) is 0 Å². The maximum absolute atomic E-state index is 13.7. The van der Waals surface area contributed by atoms with Gasteiger partial charge in [0.15, 0.2) is 0 Å². The van der Waals surface area contributed by atoms with Crippen molar-refractivity contribution in [2.75, 3.05) is 19.6 Å². The predicted octanol–water partition coefficient (Wildman–Crippen LogP) is 4.64. The Morgan fingerprint density at radius 3 is 2.53 bits per heavy atom. The molecule has 5 rings (SSSR count). The van der Waals surface area contributed by atoms with E-state index in [1.165, 1.54) is 6.20 Å². The van der Waals surface area contributed by atoms with E-state index in [2.05, 4.69) is 37.6 Å². The van der Waals surface area contributed by atoms with Crippen molar-refractivity contribution in [1.82, 2.24) is 14.8 Å². The number of ether oxygens (including phenoxy) is 1. The van der Waals surface area contributed by atoms with Crippen molar-refractivity contribution >= 4 is 28.4 Å². The average molecular weight is 488 g/mol. The fraction of sp³-hybridized carbons (Fsp3) is 0.379. The molecule has 2 aliphatic rings. The number of fused-ring (bicyclic) bond motifs is 3. The maximum atomic E-state index is 13.7. The number of carboxylic acid groups (broad SMARTS) is 1. The van der Waals surface area contributed by atoms with Gasteiger partial charge in [-0.15, -0.1) is 0 Å². The molecule has 3 heterocycles. The first-order valence-electron chi connectivity index (χ1n) is 12.5. The molecule has 2 unspecified atom stereocenters. The Labute approximate surface area is 211 Å². The number of carbonyl (C=O) groups excluding carboxylic acids is 1. The fourth-order valence-electron chi connectivity index (χ4n) is 5.75. The third-order valence-electron chi connectivity index (χ3n) is 7.07. The minimum atomic E-state index is -1.07. The number of hydrogen-bond donors (Lipinski definition) is 2. The minimum absolute atomic E-state index is 0.0903. The summed E-state index contributed by atoms with van der Waals surface area (Å²) in [4.78, 5) is 33.3. The number of aromatic amines is 1. The first kappa shape index (κ1) is 24.3. The van der Waals surface area contributed by atoms with Crippen LogP contribution in [0.1, 0.15) is 54.9 Å². The molecule has 1 saturated heterocycles. The van der Waals surface area contributed by atoms with Crippen molar-refractivity contribution in [2.45, 2.75) is 51.9 Å². The van der Waals surface area contributed by atoms with E-state index >= 15 is 0 Å². The second-order valence-electron chi connectivity index (χ2n) is 10.7. The number of morpholine rings is 1. The Hall–Kier alpha value is -3.42. The standard InChI is InChI=1S/C29H33N3O4/c1-18-13-31(14-19(2)36-18)15-20-8-7-9-21(12-20)27(33)32-16-23(28(34)35)26-25(29(3,4)17-32)22-10-5-6-11-24(22)30-26/h5-12,16,18-19,30H,13-15,17H2,1-4H3,(H,34,35). The molecule has 188 valence electrons. The maximum Gasteiger partial charge on any atom is 0.339 e. The van der Waals surface area contributed by atoms with Crippen molar-refractivity contribution in [3.63, 3.8) is 0 Å². The lowest BCUT2D eigenvalue weighted by Crippen LogP contribution is -2.44. The summed E-state index contributed by atoms with van der Waals surface area (Å²) in [6.07, 6.45) is 1.84. The zero-order valence-corrected chi connectivity index (χ0v) is 21.2. The number of amides is 1. The Kier molecular flexibility index (Phi) is 6.22. The quantitative estimate of drug-likeness (QED) is 0.560. The van der Waals surface area contributed by atoms with Crippen LogP contribution in [0.4, 0.5) is 0 Å². The lowest BCUT2D eigenvalue weighted by molar-refractivity contribution is -0.130. The molecule has 2 aromatic carbocycles. The number of nitrogens with one attached hydrogen (secondary N) is 1. The molecule has 36 heavy (non-hydrogen) atoms.